The van der Waals surface area contributed by atoms with Gasteiger partial charge >= 0.3 is 0 Å². The summed E-state index contributed by atoms with van der Waals surface area (Å²) in [6, 6.07) is 12.0. The maximum absolute atomic E-state index is 12.8. The smallest absolute Gasteiger partial charge is 0.241 e. The van der Waals surface area contributed by atoms with Crippen LogP contribution < -0.4 is 10.0 Å². The summed E-state index contributed by atoms with van der Waals surface area (Å²) in [6.45, 7) is 1.81. The minimum absolute atomic E-state index is 0.0472. The van der Waals surface area contributed by atoms with Crippen molar-refractivity contribution < 1.29 is 13.2 Å². The number of nitrogens with zero attached hydrogens (tertiary/aromatic N) is 2. The Morgan fingerprint density at radius 3 is 2.64 bits per heavy atom. The predicted octanol–water partition coefficient (Wildman–Crippen LogP) is 2.80. The van der Waals surface area contributed by atoms with E-state index in [1.807, 2.05) is 42.0 Å². The molecule has 0 saturated heterocycles. The highest BCUT2D eigenvalue weighted by Gasteiger charge is 2.22. The molecule has 0 unspecified atom stereocenters. The Morgan fingerprint density at radius 1 is 1.14 bits per heavy atom. The number of hydrogen-bond donors (Lipinski definition) is 2. The molecule has 0 saturated carbocycles. The molecule has 2 heterocycles. The summed E-state index contributed by atoms with van der Waals surface area (Å²) in [7, 11) is -3.69. The Hall–Kier alpha value is -2.97. The minimum Gasteiger partial charge on any atom is -0.326 e. The monoisotopic (exact) mass is 396 g/mol. The van der Waals surface area contributed by atoms with E-state index >= 15 is 0 Å². The van der Waals surface area contributed by atoms with Gasteiger partial charge in [-0.3, -0.25) is 4.79 Å². The first kappa shape index (κ1) is 18.4. The second-order valence-electron chi connectivity index (χ2n) is 6.77. The summed E-state index contributed by atoms with van der Waals surface area (Å²) in [5.41, 5.74) is 3.32. The van der Waals surface area contributed by atoms with Crippen molar-refractivity contribution in [3.63, 3.8) is 0 Å². The van der Waals surface area contributed by atoms with Crippen LogP contribution in [0.4, 0.5) is 5.69 Å². The summed E-state index contributed by atoms with van der Waals surface area (Å²) in [4.78, 5) is 15.7. The largest absolute Gasteiger partial charge is 0.326 e. The molecule has 28 heavy (non-hydrogen) atoms. The number of amides is 1. The number of benzene rings is 2. The summed E-state index contributed by atoms with van der Waals surface area (Å²) in [5, 5.41) is 2.76. The molecular weight excluding hydrogens is 376 g/mol. The lowest BCUT2D eigenvalue weighted by atomic mass is 10.0. The highest BCUT2D eigenvalue weighted by Crippen LogP contribution is 2.26. The molecule has 4 rings (SSSR count). The highest BCUT2D eigenvalue weighted by atomic mass is 32.2. The maximum atomic E-state index is 12.8. The normalized spacial score (nSPS) is 15.0. The first-order valence-corrected chi connectivity index (χ1v) is 10.4. The number of fused-ring (bicyclic) bond motifs is 1. The Bertz CT molecular complexity index is 1110. The Balaban J connectivity index is 1.52. The van der Waals surface area contributed by atoms with Crippen LogP contribution in [0, 0.1) is 0 Å². The van der Waals surface area contributed by atoms with Crippen LogP contribution in [0.2, 0.25) is 0 Å². The average molecular weight is 396 g/mol. The first-order valence-electron chi connectivity index (χ1n) is 8.96. The van der Waals surface area contributed by atoms with E-state index < -0.39 is 16.1 Å². The van der Waals surface area contributed by atoms with Gasteiger partial charge in [-0.25, -0.2) is 18.1 Å². The average Bonchev–Trinajstić information content (AvgIpc) is 3.22. The van der Waals surface area contributed by atoms with Crippen LogP contribution in [0.1, 0.15) is 30.5 Å². The topological polar surface area (TPSA) is 93.1 Å². The molecule has 8 heteroatoms. The van der Waals surface area contributed by atoms with Crippen molar-refractivity contribution in [1.29, 1.82) is 0 Å². The number of aromatic nitrogens is 2. The zero-order chi connectivity index (χ0) is 19.7. The summed E-state index contributed by atoms with van der Waals surface area (Å²) < 4.78 is 30.2. The van der Waals surface area contributed by atoms with Gasteiger partial charge in [0.25, 0.3) is 0 Å². The van der Waals surface area contributed by atoms with Gasteiger partial charge in [0.05, 0.1) is 11.2 Å². The highest BCUT2D eigenvalue weighted by molar-refractivity contribution is 7.89. The molecule has 144 valence electrons. The molecule has 1 aliphatic heterocycles. The number of carbonyl (C=O) groups excluding carboxylic acids is 1. The van der Waals surface area contributed by atoms with Crippen molar-refractivity contribution in [3.05, 3.63) is 72.3 Å². The third-order valence-corrected chi connectivity index (χ3v) is 6.35. The number of sulfonamides is 1. The summed E-state index contributed by atoms with van der Waals surface area (Å²) in [6.07, 6.45) is 6.16. The van der Waals surface area contributed by atoms with Gasteiger partial charge in [-0.15, -0.1) is 0 Å². The van der Waals surface area contributed by atoms with Crippen LogP contribution in [-0.4, -0.2) is 23.9 Å². The number of anilines is 1. The van der Waals surface area contributed by atoms with Gasteiger partial charge in [-0.1, -0.05) is 12.1 Å². The quantitative estimate of drug-likeness (QED) is 0.694. The first-order chi connectivity index (χ1) is 13.4. The fourth-order valence-electron chi connectivity index (χ4n) is 3.24. The van der Waals surface area contributed by atoms with Gasteiger partial charge in [-0.05, 0) is 54.8 Å². The molecule has 0 bridgehead atoms. The molecular formula is C20H20N4O3S. The maximum Gasteiger partial charge on any atom is 0.241 e. The van der Waals surface area contributed by atoms with Crippen LogP contribution in [0.3, 0.4) is 0 Å². The molecule has 0 radical (unpaired) electrons. The van der Waals surface area contributed by atoms with Gasteiger partial charge in [0, 0.05) is 36.2 Å². The third kappa shape index (κ3) is 3.69. The van der Waals surface area contributed by atoms with Crippen molar-refractivity contribution in [3.8, 4) is 5.69 Å². The van der Waals surface area contributed by atoms with Gasteiger partial charge in [0.1, 0.15) is 0 Å². The molecule has 1 aliphatic rings. The standard InChI is InChI=1S/C20H20N4O3S/c1-14(15-2-5-17(6-3-15)24-11-10-21-13-24)23-28(26,27)18-7-8-19-16(12-18)4-9-20(25)22-19/h2-3,5-8,10-14,23H,4,9H2,1H3,(H,22,25)/t14-/m1/s1. The predicted molar refractivity (Wildman–Crippen MR) is 106 cm³/mol. The van der Waals surface area contributed by atoms with Gasteiger partial charge in [-0.2, -0.15) is 0 Å². The van der Waals surface area contributed by atoms with E-state index in [1.165, 1.54) is 6.07 Å². The third-order valence-electron chi connectivity index (χ3n) is 4.81. The lowest BCUT2D eigenvalue weighted by Gasteiger charge is -2.19. The zero-order valence-corrected chi connectivity index (χ0v) is 16.1. The van der Waals surface area contributed by atoms with E-state index in [0.29, 0.717) is 18.5 Å². The second kappa shape index (κ2) is 7.21. The Labute approximate surface area is 163 Å². The number of imidazole rings is 1. The molecule has 3 aromatic rings. The van der Waals surface area contributed by atoms with Crippen LogP contribution in [0.15, 0.2) is 66.1 Å². The van der Waals surface area contributed by atoms with E-state index in [0.717, 1.165) is 16.8 Å². The van der Waals surface area contributed by atoms with Crippen LogP contribution in [0.5, 0.6) is 0 Å². The Kier molecular flexibility index (Phi) is 4.74. The summed E-state index contributed by atoms with van der Waals surface area (Å²) >= 11 is 0. The number of rotatable bonds is 5. The molecule has 0 spiro atoms. The number of hydrogen-bond acceptors (Lipinski definition) is 4. The summed E-state index contributed by atoms with van der Waals surface area (Å²) in [5.74, 6) is -0.0472. The van der Waals surface area contributed by atoms with Gasteiger partial charge in [0.15, 0.2) is 0 Å². The fraction of sp³-hybridized carbons (Fsp3) is 0.200. The van der Waals surface area contributed by atoms with Crippen molar-refractivity contribution in [2.24, 2.45) is 0 Å². The van der Waals surface area contributed by atoms with E-state index in [4.69, 9.17) is 0 Å². The second-order valence-corrected chi connectivity index (χ2v) is 8.49. The van der Waals surface area contributed by atoms with Crippen molar-refractivity contribution in [2.75, 3.05) is 5.32 Å². The van der Waals surface area contributed by atoms with Crippen LogP contribution in [-0.2, 0) is 21.2 Å². The fourth-order valence-corrected chi connectivity index (χ4v) is 4.52. The van der Waals surface area contributed by atoms with E-state index in [9.17, 15) is 13.2 Å². The van der Waals surface area contributed by atoms with Crippen LogP contribution in [0.25, 0.3) is 5.69 Å². The molecule has 2 aromatic carbocycles. The number of carbonyl (C=O) groups is 1. The minimum atomic E-state index is -3.69. The SMILES string of the molecule is C[C@@H](NS(=O)(=O)c1ccc2c(c1)CCC(=O)N2)c1ccc(-n2ccnc2)cc1. The molecule has 0 aliphatic carbocycles. The van der Waals surface area contributed by atoms with Gasteiger partial charge < -0.3 is 9.88 Å². The van der Waals surface area contributed by atoms with Crippen molar-refractivity contribution in [2.45, 2.75) is 30.7 Å². The number of aryl methyl sites for hydroxylation is 1. The van der Waals surface area contributed by atoms with E-state index in [1.54, 1.807) is 24.7 Å². The van der Waals surface area contributed by atoms with Crippen molar-refractivity contribution in [1.82, 2.24) is 14.3 Å². The molecule has 2 N–H and O–H groups in total. The Morgan fingerprint density at radius 2 is 1.93 bits per heavy atom. The van der Waals surface area contributed by atoms with E-state index in [-0.39, 0.29) is 10.8 Å². The van der Waals surface area contributed by atoms with Crippen molar-refractivity contribution >= 4 is 21.6 Å². The molecule has 1 atom stereocenters. The molecule has 7 nitrogen and oxygen atoms in total. The molecule has 0 fully saturated rings. The number of nitrogens with one attached hydrogen (secondary N) is 2. The molecule has 1 amide bonds. The van der Waals surface area contributed by atoms with E-state index in [2.05, 4.69) is 15.0 Å². The zero-order valence-electron chi connectivity index (χ0n) is 15.3. The van der Waals surface area contributed by atoms with Gasteiger partial charge in [0.2, 0.25) is 15.9 Å². The van der Waals surface area contributed by atoms with Crippen LogP contribution >= 0.6 is 0 Å². The molecule has 1 aromatic heterocycles. The lowest BCUT2D eigenvalue weighted by molar-refractivity contribution is -0.116. The lowest BCUT2D eigenvalue weighted by Crippen LogP contribution is -2.27.